The van der Waals surface area contributed by atoms with E-state index in [0.29, 0.717) is 58.0 Å². The van der Waals surface area contributed by atoms with E-state index in [1.165, 1.54) is 0 Å². The summed E-state index contributed by atoms with van der Waals surface area (Å²) in [4.78, 5) is 51.9. The molecule has 3 aromatic rings. The molecule has 0 saturated carbocycles. The summed E-state index contributed by atoms with van der Waals surface area (Å²) in [5, 5.41) is 11.7. The van der Waals surface area contributed by atoms with E-state index in [1.54, 1.807) is 0 Å². The number of benzene rings is 2. The summed E-state index contributed by atoms with van der Waals surface area (Å²) < 4.78 is 1.88. The van der Waals surface area contributed by atoms with Gasteiger partial charge in [0.25, 0.3) is 0 Å². The van der Waals surface area contributed by atoms with Gasteiger partial charge in [0.05, 0.1) is 11.7 Å². The number of para-hydroxylation sites is 1. The molecule has 2 N–H and O–H groups in total. The lowest BCUT2D eigenvalue weighted by Gasteiger charge is -2.42. The number of urea groups is 2. The molecule has 12 heteroatoms. The molecule has 1 aromatic heterocycles. The minimum Gasteiger partial charge on any atom is -0.341 e. The molecule has 0 radical (unpaired) electrons. The Bertz CT molecular complexity index is 1670. The van der Waals surface area contributed by atoms with Gasteiger partial charge in [0.2, 0.25) is 5.91 Å². The zero-order valence-corrected chi connectivity index (χ0v) is 29.2. The summed E-state index contributed by atoms with van der Waals surface area (Å²) in [6.45, 7) is 9.54. The SMILES string of the molecule is Cc1cc(CC(NC(=O)N2CCC(N3CCc4ccccc4NC3=O)CC2)C(=O)N2CCC(N3CCN(C)CC3)CC2)cc2cnn(C)c12. The van der Waals surface area contributed by atoms with Crippen molar-refractivity contribution in [1.82, 2.24) is 39.6 Å². The van der Waals surface area contributed by atoms with Gasteiger partial charge in [0.15, 0.2) is 0 Å². The van der Waals surface area contributed by atoms with Crippen molar-refractivity contribution < 1.29 is 14.4 Å². The summed E-state index contributed by atoms with van der Waals surface area (Å²) in [7, 11) is 4.12. The van der Waals surface area contributed by atoms with Crippen LogP contribution in [-0.2, 0) is 24.7 Å². The van der Waals surface area contributed by atoms with Gasteiger partial charge in [-0.05, 0) is 74.9 Å². The molecule has 7 rings (SSSR count). The molecule has 0 bridgehead atoms. The molecule has 0 spiro atoms. The van der Waals surface area contributed by atoms with Gasteiger partial charge in [-0.25, -0.2) is 9.59 Å². The Morgan fingerprint density at radius 3 is 2.35 bits per heavy atom. The summed E-state index contributed by atoms with van der Waals surface area (Å²) in [6.07, 6.45) is 6.39. The van der Waals surface area contributed by atoms with Crippen molar-refractivity contribution in [3.05, 3.63) is 59.3 Å². The lowest BCUT2D eigenvalue weighted by Crippen LogP contribution is -2.58. The van der Waals surface area contributed by atoms with Gasteiger partial charge in [-0.3, -0.25) is 14.4 Å². The second-order valence-electron chi connectivity index (χ2n) is 14.5. The van der Waals surface area contributed by atoms with E-state index in [2.05, 4.69) is 57.7 Å². The first-order valence-electron chi connectivity index (χ1n) is 18.1. The monoisotopic (exact) mass is 669 g/mol. The van der Waals surface area contributed by atoms with Crippen LogP contribution < -0.4 is 10.6 Å². The van der Waals surface area contributed by atoms with Gasteiger partial charge in [-0.1, -0.05) is 24.3 Å². The molecule has 262 valence electrons. The summed E-state index contributed by atoms with van der Waals surface area (Å²) in [5.74, 6) is -0.00944. The second-order valence-corrected chi connectivity index (χ2v) is 14.5. The topological polar surface area (TPSA) is 109 Å². The molecule has 49 heavy (non-hydrogen) atoms. The molecular formula is C37H51N9O3. The second kappa shape index (κ2) is 14.4. The molecule has 0 aliphatic carbocycles. The number of piperazine rings is 1. The largest absolute Gasteiger partial charge is 0.341 e. The van der Waals surface area contributed by atoms with E-state index >= 15 is 0 Å². The number of aryl methyl sites for hydroxylation is 2. The Labute approximate surface area is 289 Å². The van der Waals surface area contributed by atoms with Gasteiger partial charge in [-0.2, -0.15) is 5.10 Å². The number of carbonyl (C=O) groups excluding carboxylic acids is 3. The van der Waals surface area contributed by atoms with Crippen molar-refractivity contribution in [2.24, 2.45) is 7.05 Å². The van der Waals surface area contributed by atoms with Crippen LogP contribution in [0.1, 0.15) is 42.4 Å². The number of piperidine rings is 2. The van der Waals surface area contributed by atoms with Crippen molar-refractivity contribution in [2.45, 2.75) is 63.6 Å². The number of fused-ring (bicyclic) bond motifs is 2. The number of hydrogen-bond donors (Lipinski definition) is 2. The predicted octanol–water partition coefficient (Wildman–Crippen LogP) is 3.30. The number of amides is 5. The summed E-state index contributed by atoms with van der Waals surface area (Å²) in [6, 6.07) is 11.8. The lowest BCUT2D eigenvalue weighted by molar-refractivity contribution is -0.135. The highest BCUT2D eigenvalue weighted by Gasteiger charge is 2.35. The number of likely N-dealkylation sites (tertiary alicyclic amines) is 2. The van der Waals surface area contributed by atoms with E-state index < -0.39 is 6.04 Å². The molecule has 5 heterocycles. The highest BCUT2D eigenvalue weighted by atomic mass is 16.2. The number of aromatic nitrogens is 2. The Morgan fingerprint density at radius 1 is 0.898 bits per heavy atom. The number of carbonyl (C=O) groups is 3. The van der Waals surface area contributed by atoms with Crippen LogP contribution in [0.15, 0.2) is 42.6 Å². The maximum Gasteiger partial charge on any atom is 0.322 e. The minimum absolute atomic E-state index is 0.00944. The van der Waals surface area contributed by atoms with Gasteiger partial charge in [0, 0.05) is 95.5 Å². The number of anilines is 1. The molecule has 12 nitrogen and oxygen atoms in total. The van der Waals surface area contributed by atoms with Crippen molar-refractivity contribution >= 4 is 34.6 Å². The van der Waals surface area contributed by atoms with Crippen molar-refractivity contribution in [3.8, 4) is 0 Å². The predicted molar refractivity (Wildman–Crippen MR) is 191 cm³/mol. The van der Waals surface area contributed by atoms with E-state index in [-0.39, 0.29) is 24.0 Å². The molecule has 3 fully saturated rings. The fourth-order valence-electron chi connectivity index (χ4n) is 8.40. The van der Waals surface area contributed by atoms with Crippen molar-refractivity contribution in [3.63, 3.8) is 0 Å². The van der Waals surface area contributed by atoms with Crippen LogP contribution in [0.25, 0.3) is 10.9 Å². The number of hydrogen-bond acceptors (Lipinski definition) is 6. The van der Waals surface area contributed by atoms with Crippen molar-refractivity contribution in [2.75, 3.05) is 71.3 Å². The van der Waals surface area contributed by atoms with Crippen LogP contribution in [-0.4, -0.2) is 136 Å². The van der Waals surface area contributed by atoms with Crippen LogP contribution >= 0.6 is 0 Å². The molecule has 1 atom stereocenters. The first kappa shape index (κ1) is 33.3. The van der Waals surface area contributed by atoms with Gasteiger partial charge < -0.3 is 30.2 Å². The van der Waals surface area contributed by atoms with Gasteiger partial charge in [-0.15, -0.1) is 0 Å². The average Bonchev–Trinajstić information content (AvgIpc) is 3.40. The molecule has 1 unspecified atom stereocenters. The smallest absolute Gasteiger partial charge is 0.322 e. The van der Waals surface area contributed by atoms with Crippen LogP contribution in [0.2, 0.25) is 0 Å². The quantitative estimate of drug-likeness (QED) is 0.417. The Morgan fingerprint density at radius 2 is 1.59 bits per heavy atom. The number of rotatable bonds is 6. The first-order chi connectivity index (χ1) is 23.7. The molecule has 5 amide bonds. The first-order valence-corrected chi connectivity index (χ1v) is 18.1. The van der Waals surface area contributed by atoms with Gasteiger partial charge in [0.1, 0.15) is 6.04 Å². The third-order valence-electron chi connectivity index (χ3n) is 11.3. The van der Waals surface area contributed by atoms with Crippen LogP contribution in [0.3, 0.4) is 0 Å². The highest BCUT2D eigenvalue weighted by molar-refractivity contribution is 5.91. The third kappa shape index (κ3) is 7.26. The molecular weight excluding hydrogens is 618 g/mol. The van der Waals surface area contributed by atoms with E-state index in [4.69, 9.17) is 0 Å². The number of nitrogens with one attached hydrogen (secondary N) is 2. The molecule has 4 aliphatic rings. The zero-order chi connectivity index (χ0) is 34.1. The fourth-order valence-corrected chi connectivity index (χ4v) is 8.40. The molecule has 2 aromatic carbocycles. The third-order valence-corrected chi connectivity index (χ3v) is 11.3. The molecule has 3 saturated heterocycles. The fraction of sp³-hybridized carbons (Fsp3) is 0.568. The van der Waals surface area contributed by atoms with Crippen LogP contribution in [0, 0.1) is 6.92 Å². The van der Waals surface area contributed by atoms with Crippen LogP contribution in [0.4, 0.5) is 15.3 Å². The average molecular weight is 670 g/mol. The Hall–Kier alpha value is -4.16. The Kier molecular flexibility index (Phi) is 9.77. The van der Waals surface area contributed by atoms with E-state index in [0.717, 1.165) is 78.7 Å². The summed E-state index contributed by atoms with van der Waals surface area (Å²) in [5.41, 5.74) is 5.21. The Balaban J connectivity index is 1.01. The highest BCUT2D eigenvalue weighted by Crippen LogP contribution is 2.26. The normalized spacial score (nSPS) is 21.0. The van der Waals surface area contributed by atoms with Crippen molar-refractivity contribution in [1.29, 1.82) is 0 Å². The maximum absolute atomic E-state index is 14.2. The summed E-state index contributed by atoms with van der Waals surface area (Å²) >= 11 is 0. The molecule has 4 aliphatic heterocycles. The van der Waals surface area contributed by atoms with Crippen LogP contribution in [0.5, 0.6) is 0 Å². The maximum atomic E-state index is 14.2. The van der Waals surface area contributed by atoms with E-state index in [1.807, 2.05) is 50.8 Å². The number of likely N-dealkylation sites (N-methyl/N-ethyl adjacent to an activating group) is 1. The minimum atomic E-state index is -0.672. The zero-order valence-electron chi connectivity index (χ0n) is 29.2. The van der Waals surface area contributed by atoms with E-state index in [9.17, 15) is 14.4 Å². The number of nitrogens with zero attached hydrogens (tertiary/aromatic N) is 7. The standard InChI is InChI=1S/C37H51N9O3/c1-26-22-27(23-29-25-38-42(3)34(26)29)24-33(35(47)44-13-9-30(10-14-44)43-20-18-41(2)19-21-43)40-36(48)45-15-11-31(12-16-45)46-17-8-28-6-4-5-7-32(28)39-37(46)49/h4-7,22-23,25,30-31,33H,8-21,24H2,1-3H3,(H,39,49)(H,40,48). The van der Waals surface area contributed by atoms with Gasteiger partial charge >= 0.3 is 12.1 Å². The lowest BCUT2D eigenvalue weighted by atomic mass is 9.98.